The second kappa shape index (κ2) is 11.3. The van der Waals surface area contributed by atoms with E-state index in [4.69, 9.17) is 15.2 Å². The van der Waals surface area contributed by atoms with Crippen LogP contribution in [0.15, 0.2) is 66.3 Å². The Hall–Kier alpha value is -2.96. The second-order valence-corrected chi connectivity index (χ2v) is 14.9. The molecule has 1 heterocycles. The first-order chi connectivity index (χ1) is 22.3. The van der Waals surface area contributed by atoms with Gasteiger partial charge in [-0.05, 0) is 73.4 Å². The number of carbonyl (C=O) groups excluding carboxylic acids is 2. The van der Waals surface area contributed by atoms with Crippen LogP contribution < -0.4 is 5.73 Å². The number of nitrogen functional groups attached to an aromatic ring is 1. The largest absolute Gasteiger partial charge is 0.398 e. The SMILES string of the molecule is C[C@]12C=CC(=O)C=C1[C@@H](F)C[C@H]1[C@@H]3C[C@H]4O[C@@H](c5ccc(Cc6ccc(CO)c(N)c6)cc5)O[C@@]4(C(=O)SCF)[C@@]3(C)C[C@H](O)[C@@]12F. The van der Waals surface area contributed by atoms with E-state index in [1.165, 1.54) is 19.1 Å². The van der Waals surface area contributed by atoms with Gasteiger partial charge in [-0.15, -0.1) is 0 Å². The molecule has 47 heavy (non-hydrogen) atoms. The van der Waals surface area contributed by atoms with Gasteiger partial charge in [0.25, 0.3) is 0 Å². The summed E-state index contributed by atoms with van der Waals surface area (Å²) in [5.41, 5.74) is 2.98. The lowest BCUT2D eigenvalue weighted by molar-refractivity contribution is -0.232. The van der Waals surface area contributed by atoms with Crippen molar-refractivity contribution in [3.63, 3.8) is 0 Å². The maximum atomic E-state index is 17.6. The van der Waals surface area contributed by atoms with Crippen LogP contribution in [-0.2, 0) is 32.1 Å². The standard InChI is InChI=1S/C36H38F3NO6S/c1-33-10-9-23(42)13-26(33)27(38)14-25-24-15-30-36(32(44)47-18-37,34(24,2)16-29(43)35(25,33)39)46-31(45-30)21-6-3-19(4-7-21)11-20-5-8-22(17-41)28(40)12-20/h3-10,12-13,24-25,27,29-31,41,43H,11,14-18,40H2,1-2H3/t24-,25-,27-,29-,30+,31+,33-,34-,35-,36-/m0/s1. The fourth-order valence-electron chi connectivity index (χ4n) is 9.53. The minimum atomic E-state index is -2.32. The van der Waals surface area contributed by atoms with Crippen LogP contribution in [0.5, 0.6) is 0 Å². The number of rotatable bonds is 6. The van der Waals surface area contributed by atoms with Crippen LogP contribution in [0.1, 0.15) is 61.7 Å². The van der Waals surface area contributed by atoms with Gasteiger partial charge in [-0.25, -0.2) is 13.2 Å². The van der Waals surface area contributed by atoms with Gasteiger partial charge in [-0.2, -0.15) is 0 Å². The van der Waals surface area contributed by atoms with Crippen LogP contribution in [0, 0.1) is 22.7 Å². The van der Waals surface area contributed by atoms with Crippen molar-refractivity contribution in [3.05, 3.63) is 88.5 Å². The number of ether oxygens (including phenoxy) is 2. The van der Waals surface area contributed by atoms with Crippen molar-refractivity contribution >= 4 is 28.3 Å². The molecule has 0 spiro atoms. The smallest absolute Gasteiger partial charge is 0.226 e. The molecule has 11 heteroatoms. The molecule has 4 aliphatic carbocycles. The number of hydrogen-bond acceptors (Lipinski definition) is 8. The normalized spacial score (nSPS) is 40.3. The number of alkyl halides is 3. The Kier molecular flexibility index (Phi) is 7.83. The number of fused-ring (bicyclic) bond motifs is 7. The first kappa shape index (κ1) is 32.6. The van der Waals surface area contributed by atoms with Crippen LogP contribution >= 0.6 is 11.8 Å². The summed E-state index contributed by atoms with van der Waals surface area (Å²) < 4.78 is 60.2. The maximum absolute atomic E-state index is 17.6. The zero-order chi connectivity index (χ0) is 33.5. The summed E-state index contributed by atoms with van der Waals surface area (Å²) in [6, 6.07) is 12.0. The van der Waals surface area contributed by atoms with Crippen LogP contribution in [0.4, 0.5) is 18.9 Å². The van der Waals surface area contributed by atoms with E-state index in [2.05, 4.69) is 0 Å². The van der Waals surface area contributed by atoms with Gasteiger partial charge in [-0.1, -0.05) is 61.2 Å². The lowest BCUT2D eigenvalue weighted by Gasteiger charge is -2.63. The predicted molar refractivity (Wildman–Crippen MR) is 170 cm³/mol. The Labute approximate surface area is 275 Å². The minimum Gasteiger partial charge on any atom is -0.398 e. The molecule has 4 N–H and O–H groups in total. The van der Waals surface area contributed by atoms with Crippen molar-refractivity contribution in [2.45, 2.75) is 82.1 Å². The third kappa shape index (κ3) is 4.49. The van der Waals surface area contributed by atoms with Crippen molar-refractivity contribution in [1.82, 2.24) is 0 Å². The molecule has 7 nitrogen and oxygen atoms in total. The van der Waals surface area contributed by atoms with Crippen molar-refractivity contribution in [2.75, 3.05) is 11.7 Å². The first-order valence-corrected chi connectivity index (χ1v) is 16.9. The van der Waals surface area contributed by atoms with E-state index in [0.29, 0.717) is 35.0 Å². The monoisotopic (exact) mass is 669 g/mol. The summed E-state index contributed by atoms with van der Waals surface area (Å²) in [6.45, 7) is 3.13. The van der Waals surface area contributed by atoms with Crippen molar-refractivity contribution < 1.29 is 42.4 Å². The Balaban J connectivity index is 1.20. The van der Waals surface area contributed by atoms with E-state index in [0.717, 1.165) is 17.2 Å². The molecule has 1 aliphatic heterocycles. The number of allylic oxidation sites excluding steroid dienone is 4. The number of aliphatic hydroxyl groups excluding tert-OH is 2. The predicted octanol–water partition coefficient (Wildman–Crippen LogP) is 5.62. The molecule has 1 saturated heterocycles. The van der Waals surface area contributed by atoms with E-state index < -0.39 is 75.5 Å². The highest BCUT2D eigenvalue weighted by Crippen LogP contribution is 2.73. The molecule has 2 aromatic carbocycles. The van der Waals surface area contributed by atoms with E-state index in [1.807, 2.05) is 36.4 Å². The molecule has 7 rings (SSSR count). The number of anilines is 1. The fourth-order valence-corrected chi connectivity index (χ4v) is 10.3. The van der Waals surface area contributed by atoms with Crippen LogP contribution in [0.2, 0.25) is 0 Å². The second-order valence-electron chi connectivity index (χ2n) is 14.1. The molecule has 0 radical (unpaired) electrons. The zero-order valence-electron chi connectivity index (χ0n) is 26.1. The number of hydrogen-bond donors (Lipinski definition) is 3. The van der Waals surface area contributed by atoms with Gasteiger partial charge in [0.15, 0.2) is 23.3 Å². The third-order valence-corrected chi connectivity index (χ3v) is 12.6. The minimum absolute atomic E-state index is 0.0185. The first-order valence-electron chi connectivity index (χ1n) is 15.9. The molecule has 5 aliphatic rings. The van der Waals surface area contributed by atoms with Gasteiger partial charge in [-0.3, -0.25) is 9.59 Å². The van der Waals surface area contributed by atoms with Gasteiger partial charge in [0, 0.05) is 33.6 Å². The highest BCUT2D eigenvalue weighted by Gasteiger charge is 2.80. The van der Waals surface area contributed by atoms with Crippen LogP contribution in [0.3, 0.4) is 0 Å². The van der Waals surface area contributed by atoms with E-state index in [-0.39, 0.29) is 31.4 Å². The van der Waals surface area contributed by atoms with Crippen molar-refractivity contribution in [2.24, 2.45) is 22.7 Å². The van der Waals surface area contributed by atoms with Crippen LogP contribution in [0.25, 0.3) is 0 Å². The molecule has 3 saturated carbocycles. The molecule has 0 unspecified atom stereocenters. The van der Waals surface area contributed by atoms with Crippen LogP contribution in [-0.4, -0.2) is 56.8 Å². The highest BCUT2D eigenvalue weighted by molar-refractivity contribution is 8.13. The number of ketones is 1. The zero-order valence-corrected chi connectivity index (χ0v) is 26.9. The van der Waals surface area contributed by atoms with Gasteiger partial charge in [0.05, 0.1) is 18.8 Å². The quantitative estimate of drug-likeness (QED) is 0.340. The molecule has 0 bridgehead atoms. The molecular weight excluding hydrogens is 631 g/mol. The molecule has 0 aromatic heterocycles. The van der Waals surface area contributed by atoms with Crippen molar-refractivity contribution in [1.29, 1.82) is 0 Å². The number of benzene rings is 2. The highest BCUT2D eigenvalue weighted by atomic mass is 32.2. The maximum Gasteiger partial charge on any atom is 0.226 e. The molecule has 250 valence electrons. The van der Waals surface area contributed by atoms with E-state index >= 15 is 8.78 Å². The number of thioether (sulfide) groups is 1. The summed E-state index contributed by atoms with van der Waals surface area (Å²) >= 11 is 0.459. The molecule has 0 amide bonds. The van der Waals surface area contributed by atoms with Crippen molar-refractivity contribution in [3.8, 4) is 0 Å². The van der Waals surface area contributed by atoms with Gasteiger partial charge >= 0.3 is 0 Å². The Morgan fingerprint density at radius 2 is 1.83 bits per heavy atom. The average Bonchev–Trinajstić information content (AvgIpc) is 3.54. The third-order valence-electron chi connectivity index (χ3n) is 11.9. The number of halogens is 3. The summed E-state index contributed by atoms with van der Waals surface area (Å²) in [6.07, 6.45) is -1.13. The fraction of sp³-hybridized carbons (Fsp3) is 0.500. The number of carbonyl (C=O) groups is 2. The summed E-state index contributed by atoms with van der Waals surface area (Å²) in [7, 11) is 0. The Bertz CT molecular complexity index is 1680. The molecule has 4 fully saturated rings. The summed E-state index contributed by atoms with van der Waals surface area (Å²) in [4.78, 5) is 26.1. The number of aliphatic hydroxyl groups is 2. The topological polar surface area (TPSA) is 119 Å². The lowest BCUT2D eigenvalue weighted by atomic mass is 9.44. The average molecular weight is 670 g/mol. The van der Waals surface area contributed by atoms with E-state index in [1.54, 1.807) is 13.0 Å². The van der Waals surface area contributed by atoms with Gasteiger partial charge in [0.2, 0.25) is 5.12 Å². The number of nitrogens with two attached hydrogens (primary N) is 1. The molecule has 2 aromatic rings. The van der Waals surface area contributed by atoms with Gasteiger partial charge in [0.1, 0.15) is 12.2 Å². The summed E-state index contributed by atoms with van der Waals surface area (Å²) in [5.74, 6) is -2.09. The summed E-state index contributed by atoms with van der Waals surface area (Å²) in [5, 5.41) is 20.5. The Morgan fingerprint density at radius 3 is 2.51 bits per heavy atom. The Morgan fingerprint density at radius 1 is 1.11 bits per heavy atom. The van der Waals surface area contributed by atoms with E-state index in [9.17, 15) is 24.2 Å². The molecule has 10 atom stereocenters. The molecular formula is C36H38F3NO6S. The van der Waals surface area contributed by atoms with Gasteiger partial charge < -0.3 is 25.4 Å². The lowest BCUT2D eigenvalue weighted by Crippen LogP contribution is -2.70.